The molecule has 0 saturated heterocycles. The molecular formula is C22H22N2O2. The maximum Gasteiger partial charge on any atom is 0.145 e. The number of benzene rings is 2. The predicted octanol–water partition coefficient (Wildman–Crippen LogP) is 3.93. The molecule has 4 nitrogen and oxygen atoms in total. The Morgan fingerprint density at radius 1 is 1.15 bits per heavy atom. The lowest BCUT2D eigenvalue weighted by atomic mass is 10.1. The van der Waals surface area contributed by atoms with Crippen LogP contribution in [0.15, 0.2) is 67.0 Å². The summed E-state index contributed by atoms with van der Waals surface area (Å²) >= 11 is 0. The molecule has 0 amide bonds. The van der Waals surface area contributed by atoms with Crippen LogP contribution in [0.2, 0.25) is 0 Å². The molecule has 0 aliphatic heterocycles. The third-order valence-corrected chi connectivity index (χ3v) is 4.83. The molecule has 1 aromatic heterocycles. The number of nitrogens with one attached hydrogen (secondary N) is 1. The van der Waals surface area contributed by atoms with E-state index < -0.39 is 0 Å². The number of aliphatic hydroxyl groups excluding tert-OH is 1. The van der Waals surface area contributed by atoms with Crippen LogP contribution in [0.25, 0.3) is 0 Å². The summed E-state index contributed by atoms with van der Waals surface area (Å²) < 4.78 is 5.88. The molecule has 0 radical (unpaired) electrons. The zero-order valence-corrected chi connectivity index (χ0v) is 14.7. The van der Waals surface area contributed by atoms with E-state index >= 15 is 0 Å². The van der Waals surface area contributed by atoms with Gasteiger partial charge in [-0.2, -0.15) is 0 Å². The second kappa shape index (κ2) is 7.28. The molecule has 0 bridgehead atoms. The minimum atomic E-state index is -0.373. The van der Waals surface area contributed by atoms with Gasteiger partial charge in [-0.15, -0.1) is 0 Å². The lowest BCUT2D eigenvalue weighted by molar-refractivity contribution is 0.140. The highest BCUT2D eigenvalue weighted by molar-refractivity contribution is 5.40. The summed E-state index contributed by atoms with van der Waals surface area (Å²) in [6, 6.07) is 18.1. The largest absolute Gasteiger partial charge is 0.455 e. The van der Waals surface area contributed by atoms with E-state index in [-0.39, 0.29) is 12.1 Å². The number of rotatable bonds is 5. The Morgan fingerprint density at radius 3 is 2.85 bits per heavy atom. The Hall–Kier alpha value is -2.69. The number of aryl methyl sites for hydroxylation is 1. The van der Waals surface area contributed by atoms with Crippen LogP contribution >= 0.6 is 0 Å². The van der Waals surface area contributed by atoms with Crippen LogP contribution < -0.4 is 10.1 Å². The van der Waals surface area contributed by atoms with Crippen molar-refractivity contribution in [1.29, 1.82) is 0 Å². The van der Waals surface area contributed by atoms with Crippen LogP contribution in [0, 0.1) is 6.92 Å². The monoisotopic (exact) mass is 346 g/mol. The zero-order chi connectivity index (χ0) is 17.9. The Kier molecular flexibility index (Phi) is 4.69. The molecule has 1 aliphatic carbocycles. The van der Waals surface area contributed by atoms with Gasteiger partial charge in [0, 0.05) is 19.2 Å². The Morgan fingerprint density at radius 2 is 2.04 bits per heavy atom. The number of hydrogen-bond acceptors (Lipinski definition) is 4. The number of hydrogen-bond donors (Lipinski definition) is 2. The van der Waals surface area contributed by atoms with Crippen molar-refractivity contribution in [2.45, 2.75) is 32.0 Å². The quantitative estimate of drug-likeness (QED) is 0.735. The van der Waals surface area contributed by atoms with Gasteiger partial charge in [-0.1, -0.05) is 36.4 Å². The van der Waals surface area contributed by atoms with Crippen molar-refractivity contribution in [3.05, 3.63) is 89.2 Å². The van der Waals surface area contributed by atoms with Crippen LogP contribution in [0.1, 0.15) is 28.3 Å². The molecule has 1 aliphatic rings. The maximum atomic E-state index is 10.4. The molecule has 4 heteroatoms. The fraction of sp³-hybridized carbons (Fsp3) is 0.227. The lowest BCUT2D eigenvalue weighted by Crippen LogP contribution is -2.28. The minimum absolute atomic E-state index is 0.0159. The molecular weight excluding hydrogens is 324 g/mol. The molecule has 26 heavy (non-hydrogen) atoms. The van der Waals surface area contributed by atoms with E-state index in [0.29, 0.717) is 13.0 Å². The fourth-order valence-corrected chi connectivity index (χ4v) is 3.52. The summed E-state index contributed by atoms with van der Waals surface area (Å²) in [5.74, 6) is 1.56. The molecule has 0 unspecified atom stereocenters. The third kappa shape index (κ3) is 3.47. The molecule has 3 aromatic rings. The fourth-order valence-electron chi connectivity index (χ4n) is 3.52. The Labute approximate surface area is 153 Å². The summed E-state index contributed by atoms with van der Waals surface area (Å²) in [4.78, 5) is 4.07. The van der Waals surface area contributed by atoms with Crippen LogP contribution in [-0.2, 0) is 13.0 Å². The van der Waals surface area contributed by atoms with E-state index in [9.17, 15) is 5.11 Å². The van der Waals surface area contributed by atoms with Crippen LogP contribution in [0.5, 0.6) is 11.5 Å². The minimum Gasteiger partial charge on any atom is -0.455 e. The summed E-state index contributed by atoms with van der Waals surface area (Å²) in [6.07, 6.45) is 3.77. The second-order valence-corrected chi connectivity index (χ2v) is 6.72. The molecule has 132 valence electrons. The average molecular weight is 346 g/mol. The summed E-state index contributed by atoms with van der Waals surface area (Å²) in [5.41, 5.74) is 4.67. The van der Waals surface area contributed by atoms with Crippen LogP contribution in [0.4, 0.5) is 0 Å². The van der Waals surface area contributed by atoms with Crippen molar-refractivity contribution in [2.75, 3.05) is 0 Å². The van der Waals surface area contributed by atoms with Crippen molar-refractivity contribution < 1.29 is 9.84 Å². The molecule has 2 N–H and O–H groups in total. The standard InChI is InChI=1S/C22H22N2O2/c1-15-11-16(8-9-21(15)26-18-6-4-10-23-14-18)13-24-22-19-7-3-2-5-17(19)12-20(22)25/h2-11,14,20,22,24-25H,12-13H2,1H3/t20-,22+/m0/s1. The summed E-state index contributed by atoms with van der Waals surface area (Å²) in [6.45, 7) is 2.74. The van der Waals surface area contributed by atoms with Gasteiger partial charge in [0.2, 0.25) is 0 Å². The van der Waals surface area contributed by atoms with Gasteiger partial charge in [-0.3, -0.25) is 4.98 Å². The van der Waals surface area contributed by atoms with Crippen LogP contribution in [0.3, 0.4) is 0 Å². The van der Waals surface area contributed by atoms with Crippen LogP contribution in [-0.4, -0.2) is 16.2 Å². The molecule has 0 spiro atoms. The first-order valence-electron chi connectivity index (χ1n) is 8.87. The van der Waals surface area contributed by atoms with E-state index in [1.807, 2.05) is 37.3 Å². The van der Waals surface area contributed by atoms with Gasteiger partial charge in [-0.25, -0.2) is 0 Å². The number of fused-ring (bicyclic) bond motifs is 1. The van der Waals surface area contributed by atoms with E-state index in [2.05, 4.69) is 34.6 Å². The van der Waals surface area contributed by atoms with Gasteiger partial charge in [0.15, 0.2) is 0 Å². The molecule has 2 atom stereocenters. The normalized spacial score (nSPS) is 18.5. The number of pyridine rings is 1. The summed E-state index contributed by atoms with van der Waals surface area (Å²) in [7, 11) is 0. The van der Waals surface area contributed by atoms with Gasteiger partial charge in [0.1, 0.15) is 11.5 Å². The number of ether oxygens (including phenoxy) is 1. The van der Waals surface area contributed by atoms with E-state index in [0.717, 1.165) is 22.6 Å². The van der Waals surface area contributed by atoms with Gasteiger partial charge in [0.05, 0.1) is 18.3 Å². The van der Waals surface area contributed by atoms with Gasteiger partial charge in [-0.05, 0) is 47.4 Å². The SMILES string of the molecule is Cc1cc(CN[C@@H]2c3ccccc3C[C@@H]2O)ccc1Oc1cccnc1. The van der Waals surface area contributed by atoms with Crippen molar-refractivity contribution >= 4 is 0 Å². The highest BCUT2D eigenvalue weighted by Gasteiger charge is 2.30. The third-order valence-electron chi connectivity index (χ3n) is 4.83. The first-order chi connectivity index (χ1) is 12.7. The van der Waals surface area contributed by atoms with Crippen molar-refractivity contribution in [3.63, 3.8) is 0 Å². The average Bonchev–Trinajstić information content (AvgIpc) is 2.98. The lowest BCUT2D eigenvalue weighted by Gasteiger charge is -2.18. The number of nitrogens with zero attached hydrogens (tertiary/aromatic N) is 1. The van der Waals surface area contributed by atoms with Crippen molar-refractivity contribution in [1.82, 2.24) is 10.3 Å². The second-order valence-electron chi connectivity index (χ2n) is 6.72. The number of aromatic nitrogens is 1. The molecule has 1 heterocycles. The van der Waals surface area contributed by atoms with Gasteiger partial charge >= 0.3 is 0 Å². The zero-order valence-electron chi connectivity index (χ0n) is 14.7. The predicted molar refractivity (Wildman–Crippen MR) is 101 cm³/mol. The van der Waals surface area contributed by atoms with E-state index in [4.69, 9.17) is 4.74 Å². The topological polar surface area (TPSA) is 54.4 Å². The number of aliphatic hydroxyl groups is 1. The highest BCUT2D eigenvalue weighted by atomic mass is 16.5. The Bertz CT molecular complexity index is 896. The molecule has 0 fully saturated rings. The smallest absolute Gasteiger partial charge is 0.145 e. The summed E-state index contributed by atoms with van der Waals surface area (Å²) in [5, 5.41) is 13.9. The first kappa shape index (κ1) is 16.8. The van der Waals surface area contributed by atoms with E-state index in [1.54, 1.807) is 12.4 Å². The Balaban J connectivity index is 1.44. The van der Waals surface area contributed by atoms with Crippen molar-refractivity contribution in [2.24, 2.45) is 0 Å². The van der Waals surface area contributed by atoms with E-state index in [1.165, 1.54) is 11.1 Å². The highest BCUT2D eigenvalue weighted by Crippen LogP contribution is 2.32. The van der Waals surface area contributed by atoms with Gasteiger partial charge in [0.25, 0.3) is 0 Å². The molecule has 0 saturated carbocycles. The molecule has 2 aromatic carbocycles. The van der Waals surface area contributed by atoms with Gasteiger partial charge < -0.3 is 15.2 Å². The maximum absolute atomic E-state index is 10.4. The first-order valence-corrected chi connectivity index (χ1v) is 8.87. The van der Waals surface area contributed by atoms with Crippen molar-refractivity contribution in [3.8, 4) is 11.5 Å². The molecule has 4 rings (SSSR count).